The van der Waals surface area contributed by atoms with Crippen molar-refractivity contribution in [2.24, 2.45) is 5.92 Å². The van der Waals surface area contributed by atoms with Crippen molar-refractivity contribution in [2.75, 3.05) is 26.7 Å². The Kier molecular flexibility index (Phi) is 4.69. The number of likely N-dealkylation sites (tertiary alicyclic amines) is 1. The summed E-state index contributed by atoms with van der Waals surface area (Å²) < 4.78 is 13.4. The van der Waals surface area contributed by atoms with Crippen LogP contribution in [0.2, 0.25) is 0 Å². The van der Waals surface area contributed by atoms with Crippen molar-refractivity contribution in [1.82, 2.24) is 9.80 Å². The second-order valence-corrected chi connectivity index (χ2v) is 7.01. The van der Waals surface area contributed by atoms with E-state index < -0.39 is 0 Å². The van der Waals surface area contributed by atoms with Gasteiger partial charge < -0.3 is 10.0 Å². The van der Waals surface area contributed by atoms with Gasteiger partial charge in [-0.25, -0.2) is 4.39 Å². The normalized spacial score (nSPS) is 20.7. The van der Waals surface area contributed by atoms with Gasteiger partial charge in [0.1, 0.15) is 5.82 Å². The molecule has 1 atom stereocenters. The van der Waals surface area contributed by atoms with Gasteiger partial charge >= 0.3 is 0 Å². The van der Waals surface area contributed by atoms with Crippen LogP contribution in [0.15, 0.2) is 18.2 Å². The predicted molar refractivity (Wildman–Crippen MR) is 86.8 cm³/mol. The number of aryl methyl sites for hydroxylation is 1. The van der Waals surface area contributed by atoms with Crippen LogP contribution in [-0.4, -0.2) is 59.6 Å². The molecule has 1 aliphatic heterocycles. The first-order valence-corrected chi connectivity index (χ1v) is 8.39. The van der Waals surface area contributed by atoms with Gasteiger partial charge in [0.2, 0.25) is 0 Å². The molecule has 4 nitrogen and oxygen atoms in total. The third kappa shape index (κ3) is 3.40. The van der Waals surface area contributed by atoms with Gasteiger partial charge in [-0.3, -0.25) is 9.69 Å². The topological polar surface area (TPSA) is 43.8 Å². The van der Waals surface area contributed by atoms with E-state index in [1.807, 2.05) is 11.9 Å². The molecule has 1 amide bonds. The molecule has 0 radical (unpaired) electrons. The Balaban J connectivity index is 1.72. The Morgan fingerprint density at radius 3 is 2.65 bits per heavy atom. The van der Waals surface area contributed by atoms with Gasteiger partial charge in [0, 0.05) is 38.3 Å². The van der Waals surface area contributed by atoms with Crippen LogP contribution in [0.25, 0.3) is 0 Å². The molecule has 0 bridgehead atoms. The van der Waals surface area contributed by atoms with Crippen LogP contribution < -0.4 is 0 Å². The molecule has 1 N–H and O–H groups in total. The van der Waals surface area contributed by atoms with E-state index in [0.717, 1.165) is 19.4 Å². The maximum Gasteiger partial charge on any atom is 0.253 e. The molecule has 126 valence electrons. The minimum absolute atomic E-state index is 0.0499. The Morgan fingerprint density at radius 1 is 1.43 bits per heavy atom. The second-order valence-electron chi connectivity index (χ2n) is 7.01. The van der Waals surface area contributed by atoms with E-state index in [2.05, 4.69) is 4.90 Å². The summed E-state index contributed by atoms with van der Waals surface area (Å²) >= 11 is 0. The molecule has 2 aliphatic rings. The molecule has 1 aromatic carbocycles. The number of β-amino-alcohol motifs (C(OH)–C–C–N with tert-alkyl or cyclic N) is 1. The number of amides is 1. The van der Waals surface area contributed by atoms with E-state index in [4.69, 9.17) is 0 Å². The monoisotopic (exact) mass is 320 g/mol. The molecular weight excluding hydrogens is 295 g/mol. The third-order valence-corrected chi connectivity index (χ3v) is 5.30. The average Bonchev–Trinajstić information content (AvgIpc) is 2.44. The lowest BCUT2D eigenvalue weighted by Gasteiger charge is -2.45. The number of hydrogen-bond donors (Lipinski definition) is 1. The fourth-order valence-electron chi connectivity index (χ4n) is 3.50. The fourth-order valence-corrected chi connectivity index (χ4v) is 3.50. The van der Waals surface area contributed by atoms with Gasteiger partial charge in [0.15, 0.2) is 0 Å². The lowest BCUT2D eigenvalue weighted by Crippen LogP contribution is -2.58. The van der Waals surface area contributed by atoms with Gasteiger partial charge in [-0.15, -0.1) is 0 Å². The van der Waals surface area contributed by atoms with Gasteiger partial charge in [0.25, 0.3) is 5.91 Å². The van der Waals surface area contributed by atoms with E-state index in [-0.39, 0.29) is 23.9 Å². The van der Waals surface area contributed by atoms with Crippen LogP contribution in [0.3, 0.4) is 0 Å². The van der Waals surface area contributed by atoms with Crippen molar-refractivity contribution in [1.29, 1.82) is 0 Å². The summed E-state index contributed by atoms with van der Waals surface area (Å²) in [6.07, 6.45) is 3.31. The number of halogens is 1. The highest BCUT2D eigenvalue weighted by molar-refractivity contribution is 5.94. The van der Waals surface area contributed by atoms with Gasteiger partial charge in [0.05, 0.1) is 6.10 Å². The molecule has 2 fully saturated rings. The maximum absolute atomic E-state index is 13.4. The smallest absolute Gasteiger partial charge is 0.253 e. The lowest BCUT2D eigenvalue weighted by molar-refractivity contribution is -0.0223. The Morgan fingerprint density at radius 2 is 2.13 bits per heavy atom. The zero-order chi connectivity index (χ0) is 16.6. The molecule has 0 aromatic heterocycles. The molecule has 5 heteroatoms. The summed E-state index contributed by atoms with van der Waals surface area (Å²) in [5.74, 6) is 0.198. The second kappa shape index (κ2) is 6.57. The number of aliphatic hydroxyl groups excluding tert-OH is 1. The number of likely N-dealkylation sites (N-methyl/N-ethyl adjacent to an activating group) is 1. The molecule has 1 saturated heterocycles. The van der Waals surface area contributed by atoms with Crippen LogP contribution in [-0.2, 0) is 0 Å². The molecule has 1 saturated carbocycles. The highest BCUT2D eigenvalue weighted by Crippen LogP contribution is 2.33. The zero-order valence-electron chi connectivity index (χ0n) is 13.8. The van der Waals surface area contributed by atoms with Crippen molar-refractivity contribution in [3.8, 4) is 0 Å². The first-order valence-electron chi connectivity index (χ1n) is 8.39. The van der Waals surface area contributed by atoms with Crippen LogP contribution in [0, 0.1) is 18.7 Å². The van der Waals surface area contributed by atoms with Crippen LogP contribution >= 0.6 is 0 Å². The van der Waals surface area contributed by atoms with Crippen LogP contribution in [0.5, 0.6) is 0 Å². The average molecular weight is 320 g/mol. The summed E-state index contributed by atoms with van der Waals surface area (Å²) in [7, 11) is 1.85. The van der Waals surface area contributed by atoms with Crippen LogP contribution in [0.4, 0.5) is 4.39 Å². The van der Waals surface area contributed by atoms with Crippen molar-refractivity contribution >= 4 is 5.91 Å². The number of carbonyl (C=O) groups excluding carboxylic acids is 1. The first kappa shape index (κ1) is 16.4. The van der Waals surface area contributed by atoms with Crippen LogP contribution in [0.1, 0.15) is 35.2 Å². The van der Waals surface area contributed by atoms with E-state index >= 15 is 0 Å². The SMILES string of the molecule is Cc1cc(C(=O)N(C)[C@@H](CN2CC(O)C2)C2CCC2)ccc1F. The highest BCUT2D eigenvalue weighted by atomic mass is 19.1. The van der Waals surface area contributed by atoms with E-state index in [0.29, 0.717) is 30.1 Å². The molecule has 1 aliphatic carbocycles. The Labute approximate surface area is 136 Å². The van der Waals surface area contributed by atoms with Crippen molar-refractivity contribution in [2.45, 2.75) is 38.3 Å². The Bertz CT molecular complexity index is 582. The molecule has 1 heterocycles. The number of carbonyl (C=O) groups is 1. The number of rotatable bonds is 5. The zero-order valence-corrected chi connectivity index (χ0v) is 13.8. The van der Waals surface area contributed by atoms with Gasteiger partial charge in [-0.05, 0) is 49.4 Å². The molecule has 3 rings (SSSR count). The fraction of sp³-hybridized carbons (Fsp3) is 0.611. The number of hydrogen-bond acceptors (Lipinski definition) is 3. The molecule has 1 aromatic rings. The largest absolute Gasteiger partial charge is 0.390 e. The summed E-state index contributed by atoms with van der Waals surface area (Å²) in [4.78, 5) is 16.8. The summed E-state index contributed by atoms with van der Waals surface area (Å²) in [5, 5.41) is 9.47. The van der Waals surface area contributed by atoms with E-state index in [9.17, 15) is 14.3 Å². The van der Waals surface area contributed by atoms with Crippen molar-refractivity contribution < 1.29 is 14.3 Å². The molecule has 0 spiro atoms. The Hall–Kier alpha value is -1.46. The van der Waals surface area contributed by atoms with Gasteiger partial charge in [-0.2, -0.15) is 0 Å². The summed E-state index contributed by atoms with van der Waals surface area (Å²) in [5.41, 5.74) is 1.04. The summed E-state index contributed by atoms with van der Waals surface area (Å²) in [6, 6.07) is 4.71. The molecular formula is C18H25FN2O2. The molecule has 0 unspecified atom stereocenters. The minimum Gasteiger partial charge on any atom is -0.390 e. The first-order chi connectivity index (χ1) is 11.0. The van der Waals surface area contributed by atoms with Gasteiger partial charge in [-0.1, -0.05) is 6.42 Å². The standard InChI is InChI=1S/C18H25FN2O2/c1-12-8-14(6-7-16(12)19)18(23)20(2)17(13-4-3-5-13)11-21-9-15(22)10-21/h6-8,13,15,17,22H,3-5,9-11H2,1-2H3/t17-/m0/s1. The number of aliphatic hydroxyl groups is 1. The summed E-state index contributed by atoms with van der Waals surface area (Å²) in [6.45, 7) is 3.88. The van der Waals surface area contributed by atoms with E-state index in [1.165, 1.54) is 12.5 Å². The number of nitrogens with zero attached hydrogens (tertiary/aromatic N) is 2. The maximum atomic E-state index is 13.4. The van der Waals surface area contributed by atoms with Crippen molar-refractivity contribution in [3.63, 3.8) is 0 Å². The minimum atomic E-state index is -0.283. The van der Waals surface area contributed by atoms with E-state index in [1.54, 1.807) is 19.1 Å². The molecule has 23 heavy (non-hydrogen) atoms. The van der Waals surface area contributed by atoms with Crippen molar-refractivity contribution in [3.05, 3.63) is 35.1 Å². The highest BCUT2D eigenvalue weighted by Gasteiger charge is 2.36. The predicted octanol–water partition coefficient (Wildman–Crippen LogP) is 2.05. The number of benzene rings is 1. The quantitative estimate of drug-likeness (QED) is 0.903. The lowest BCUT2D eigenvalue weighted by atomic mass is 9.78. The third-order valence-electron chi connectivity index (χ3n) is 5.30.